The topological polar surface area (TPSA) is 73.4 Å². The third-order valence-corrected chi connectivity index (χ3v) is 3.84. The summed E-state index contributed by atoms with van der Waals surface area (Å²) in [6.07, 6.45) is 0. The third kappa shape index (κ3) is 2.56. The van der Waals surface area contributed by atoms with E-state index >= 15 is 0 Å². The van der Waals surface area contributed by atoms with E-state index in [2.05, 4.69) is 9.97 Å². The Morgan fingerprint density at radius 1 is 0.958 bits per heavy atom. The van der Waals surface area contributed by atoms with Gasteiger partial charge in [0.1, 0.15) is 5.82 Å². The second-order valence-corrected chi connectivity index (χ2v) is 5.27. The number of fused-ring (bicyclic) bond motifs is 1. The molecular weight excluding hydrogens is 308 g/mol. The van der Waals surface area contributed by atoms with E-state index in [9.17, 15) is 4.79 Å². The van der Waals surface area contributed by atoms with Crippen LogP contribution in [0.25, 0.3) is 22.0 Å². The van der Waals surface area contributed by atoms with Crippen molar-refractivity contribution in [1.82, 2.24) is 9.97 Å². The van der Waals surface area contributed by atoms with Crippen LogP contribution in [0.15, 0.2) is 35.1 Å². The molecule has 0 aliphatic rings. The van der Waals surface area contributed by atoms with Crippen LogP contribution in [0.4, 0.5) is 0 Å². The lowest BCUT2D eigenvalue weighted by Crippen LogP contribution is -2.09. The first-order valence-electron chi connectivity index (χ1n) is 7.39. The van der Waals surface area contributed by atoms with Crippen molar-refractivity contribution >= 4 is 10.9 Å². The summed E-state index contributed by atoms with van der Waals surface area (Å²) < 4.78 is 16.3. The van der Waals surface area contributed by atoms with E-state index in [0.29, 0.717) is 34.0 Å². The number of benzene rings is 2. The molecule has 124 valence electrons. The number of methoxy groups -OCH3 is 3. The van der Waals surface area contributed by atoms with E-state index in [1.54, 1.807) is 34.3 Å². The molecule has 1 heterocycles. The van der Waals surface area contributed by atoms with Gasteiger partial charge in [0.15, 0.2) is 11.5 Å². The molecule has 0 bridgehead atoms. The number of H-pyrrole nitrogens is 1. The molecule has 6 heteroatoms. The molecule has 0 saturated carbocycles. The highest BCUT2D eigenvalue weighted by Crippen LogP contribution is 2.44. The molecule has 0 amide bonds. The average molecular weight is 326 g/mol. The first-order chi connectivity index (χ1) is 11.6. The molecule has 1 aromatic heterocycles. The second-order valence-electron chi connectivity index (χ2n) is 5.27. The summed E-state index contributed by atoms with van der Waals surface area (Å²) in [7, 11) is 4.72. The smallest absolute Gasteiger partial charge is 0.258 e. The number of aromatic nitrogens is 2. The van der Waals surface area contributed by atoms with E-state index in [-0.39, 0.29) is 5.56 Å². The molecule has 0 atom stereocenters. The lowest BCUT2D eigenvalue weighted by atomic mass is 10.0. The lowest BCUT2D eigenvalue weighted by molar-refractivity contribution is 0.325. The van der Waals surface area contributed by atoms with Crippen LogP contribution in [0.3, 0.4) is 0 Å². The number of nitrogens with one attached hydrogen (secondary N) is 1. The van der Waals surface area contributed by atoms with Gasteiger partial charge in [0, 0.05) is 5.56 Å². The largest absolute Gasteiger partial charge is 0.493 e. The van der Waals surface area contributed by atoms with Gasteiger partial charge in [-0.1, -0.05) is 6.07 Å². The number of aromatic amines is 1. The Bertz CT molecular complexity index is 963. The van der Waals surface area contributed by atoms with Gasteiger partial charge in [-0.2, -0.15) is 0 Å². The lowest BCUT2D eigenvalue weighted by Gasteiger charge is -2.16. The Morgan fingerprint density at radius 2 is 1.71 bits per heavy atom. The molecule has 0 aliphatic carbocycles. The zero-order chi connectivity index (χ0) is 17.3. The quantitative estimate of drug-likeness (QED) is 0.798. The number of rotatable bonds is 4. The first kappa shape index (κ1) is 15.9. The summed E-state index contributed by atoms with van der Waals surface area (Å²) in [4.78, 5) is 19.1. The number of hydrogen-bond donors (Lipinski definition) is 1. The van der Waals surface area contributed by atoms with Gasteiger partial charge >= 0.3 is 0 Å². The Hall–Kier alpha value is -3.02. The van der Waals surface area contributed by atoms with Gasteiger partial charge in [-0.25, -0.2) is 4.98 Å². The molecular formula is C18H18N2O4. The van der Waals surface area contributed by atoms with Crippen molar-refractivity contribution in [1.29, 1.82) is 0 Å². The standard InChI is InChI=1S/C18H18N2O4/c1-10-19-14-9-11(5-6-13(14)18(21)20-10)12-7-8-15(22-2)17(24-4)16(12)23-3/h5-9H,1-4H3,(H,19,20,21). The molecule has 0 unspecified atom stereocenters. The van der Waals surface area contributed by atoms with E-state index in [4.69, 9.17) is 14.2 Å². The fourth-order valence-corrected chi connectivity index (χ4v) is 2.75. The maximum Gasteiger partial charge on any atom is 0.258 e. The fraction of sp³-hybridized carbons (Fsp3) is 0.222. The molecule has 0 aliphatic heterocycles. The monoisotopic (exact) mass is 326 g/mol. The zero-order valence-corrected chi connectivity index (χ0v) is 14.0. The van der Waals surface area contributed by atoms with Crippen LogP contribution < -0.4 is 19.8 Å². The molecule has 0 spiro atoms. The van der Waals surface area contributed by atoms with Gasteiger partial charge in [0.2, 0.25) is 5.75 Å². The Morgan fingerprint density at radius 3 is 2.38 bits per heavy atom. The van der Waals surface area contributed by atoms with Crippen molar-refractivity contribution in [3.63, 3.8) is 0 Å². The SMILES string of the molecule is COc1ccc(-c2ccc3c(=O)[nH]c(C)nc3c2)c(OC)c1OC. The summed E-state index contributed by atoms with van der Waals surface area (Å²) in [6.45, 7) is 1.75. The van der Waals surface area contributed by atoms with Gasteiger partial charge in [-0.15, -0.1) is 0 Å². The van der Waals surface area contributed by atoms with Crippen molar-refractivity contribution < 1.29 is 14.2 Å². The molecule has 24 heavy (non-hydrogen) atoms. The van der Waals surface area contributed by atoms with Crippen LogP contribution in [-0.4, -0.2) is 31.3 Å². The van der Waals surface area contributed by atoms with Gasteiger partial charge in [-0.3, -0.25) is 4.79 Å². The third-order valence-electron chi connectivity index (χ3n) is 3.84. The molecule has 0 radical (unpaired) electrons. The Balaban J connectivity index is 2.25. The number of nitrogens with zero attached hydrogens (tertiary/aromatic N) is 1. The normalized spacial score (nSPS) is 10.7. The first-order valence-corrected chi connectivity index (χ1v) is 7.39. The second kappa shape index (κ2) is 6.23. The zero-order valence-electron chi connectivity index (χ0n) is 14.0. The predicted octanol–water partition coefficient (Wildman–Crippen LogP) is 2.92. The van der Waals surface area contributed by atoms with E-state index in [0.717, 1.165) is 11.1 Å². The van der Waals surface area contributed by atoms with Crippen LogP contribution in [0.5, 0.6) is 17.2 Å². The van der Waals surface area contributed by atoms with E-state index in [1.807, 2.05) is 24.3 Å². The minimum atomic E-state index is -0.150. The molecule has 0 fully saturated rings. The van der Waals surface area contributed by atoms with Crippen LogP contribution in [0, 0.1) is 6.92 Å². The van der Waals surface area contributed by atoms with Crippen LogP contribution in [-0.2, 0) is 0 Å². The number of hydrogen-bond acceptors (Lipinski definition) is 5. The highest BCUT2D eigenvalue weighted by atomic mass is 16.5. The molecule has 6 nitrogen and oxygen atoms in total. The van der Waals surface area contributed by atoms with Crippen molar-refractivity contribution in [2.45, 2.75) is 6.92 Å². The van der Waals surface area contributed by atoms with E-state index in [1.165, 1.54) is 0 Å². The Labute approximate surface area is 139 Å². The van der Waals surface area contributed by atoms with Crippen LogP contribution in [0.2, 0.25) is 0 Å². The summed E-state index contributed by atoms with van der Waals surface area (Å²) in [5, 5.41) is 0.545. The fourth-order valence-electron chi connectivity index (χ4n) is 2.75. The summed E-state index contributed by atoms with van der Waals surface area (Å²) in [5.74, 6) is 2.25. The number of aryl methyl sites for hydroxylation is 1. The highest BCUT2D eigenvalue weighted by molar-refractivity contribution is 5.86. The molecule has 2 aromatic carbocycles. The number of ether oxygens (including phenoxy) is 3. The van der Waals surface area contributed by atoms with Crippen molar-refractivity contribution in [2.24, 2.45) is 0 Å². The van der Waals surface area contributed by atoms with Crippen LogP contribution in [0.1, 0.15) is 5.82 Å². The minimum Gasteiger partial charge on any atom is -0.493 e. The molecule has 0 saturated heterocycles. The molecule has 3 aromatic rings. The van der Waals surface area contributed by atoms with Crippen LogP contribution >= 0.6 is 0 Å². The summed E-state index contributed by atoms with van der Waals surface area (Å²) in [5.41, 5.74) is 2.18. The molecule has 1 N–H and O–H groups in total. The van der Waals surface area contributed by atoms with Gasteiger partial charge in [0.25, 0.3) is 5.56 Å². The average Bonchev–Trinajstić information content (AvgIpc) is 2.59. The van der Waals surface area contributed by atoms with Crippen molar-refractivity contribution in [2.75, 3.05) is 21.3 Å². The maximum atomic E-state index is 12.0. The summed E-state index contributed by atoms with van der Waals surface area (Å²) >= 11 is 0. The predicted molar refractivity (Wildman–Crippen MR) is 92.2 cm³/mol. The van der Waals surface area contributed by atoms with Gasteiger partial charge in [-0.05, 0) is 36.8 Å². The van der Waals surface area contributed by atoms with Crippen molar-refractivity contribution in [3.8, 4) is 28.4 Å². The van der Waals surface area contributed by atoms with E-state index < -0.39 is 0 Å². The van der Waals surface area contributed by atoms with Crippen molar-refractivity contribution in [3.05, 3.63) is 46.5 Å². The Kier molecular flexibility index (Phi) is 4.12. The molecule has 3 rings (SSSR count). The maximum absolute atomic E-state index is 12.0. The van der Waals surface area contributed by atoms with Gasteiger partial charge < -0.3 is 19.2 Å². The highest BCUT2D eigenvalue weighted by Gasteiger charge is 2.17. The van der Waals surface area contributed by atoms with Gasteiger partial charge in [0.05, 0.1) is 32.2 Å². The minimum absolute atomic E-state index is 0.150. The summed E-state index contributed by atoms with van der Waals surface area (Å²) in [6, 6.07) is 9.19.